The number of hydrogen-bond acceptors (Lipinski definition) is 6. The maximum atomic E-state index is 12.9. The normalized spacial score (nSPS) is 14.1. The zero-order chi connectivity index (χ0) is 46.4. The molecule has 0 aliphatic rings. The molecule has 0 aromatic carbocycles. The lowest BCUT2D eigenvalue weighted by molar-refractivity contribution is -0.870. The van der Waals surface area contributed by atoms with Gasteiger partial charge in [0.15, 0.2) is 0 Å². The van der Waals surface area contributed by atoms with Crippen LogP contribution in [0.15, 0.2) is 12.2 Å². The first kappa shape index (κ1) is 62.2. The molecule has 3 atom stereocenters. The molecule has 0 aromatic rings. The summed E-state index contributed by atoms with van der Waals surface area (Å²) >= 11 is 0. The zero-order valence-corrected chi connectivity index (χ0v) is 43.7. The molecule has 2 N–H and O–H groups in total. The smallest absolute Gasteiger partial charge is 0.268 e. The molecule has 0 spiro atoms. The molecule has 1 amide bonds. The highest BCUT2D eigenvalue weighted by Gasteiger charge is 2.23. The third kappa shape index (κ3) is 49.0. The maximum absolute atomic E-state index is 12.9. The first-order valence-electron chi connectivity index (χ1n) is 27.6. The second-order valence-corrected chi connectivity index (χ2v) is 21.7. The number of nitrogens with one attached hydrogen (secondary N) is 1. The van der Waals surface area contributed by atoms with Crippen molar-refractivity contribution in [3.05, 3.63) is 12.2 Å². The summed E-state index contributed by atoms with van der Waals surface area (Å²) in [6.45, 7) is 4.65. The lowest BCUT2D eigenvalue weighted by Crippen LogP contribution is -2.45. The van der Waals surface area contributed by atoms with Crippen LogP contribution in [0.1, 0.15) is 277 Å². The summed E-state index contributed by atoms with van der Waals surface area (Å²) < 4.78 is 23.2. The highest BCUT2D eigenvalue weighted by atomic mass is 31.2. The van der Waals surface area contributed by atoms with Gasteiger partial charge in [0.1, 0.15) is 13.2 Å². The Morgan fingerprint density at radius 1 is 0.540 bits per heavy atom. The molecule has 0 aliphatic heterocycles. The molecule has 0 bridgehead atoms. The fourth-order valence-electron chi connectivity index (χ4n) is 8.39. The van der Waals surface area contributed by atoms with Crippen molar-refractivity contribution in [2.24, 2.45) is 0 Å². The van der Waals surface area contributed by atoms with Gasteiger partial charge in [-0.15, -0.1) is 0 Å². The topological polar surface area (TPSA) is 108 Å². The molecule has 0 radical (unpaired) electrons. The van der Waals surface area contributed by atoms with Crippen LogP contribution in [0.5, 0.6) is 0 Å². The van der Waals surface area contributed by atoms with E-state index in [1.165, 1.54) is 218 Å². The van der Waals surface area contributed by atoms with Crippen LogP contribution in [0.3, 0.4) is 0 Å². The number of allylic oxidation sites excluding steroid dienone is 1. The van der Waals surface area contributed by atoms with Crippen molar-refractivity contribution in [3.8, 4) is 0 Å². The number of aliphatic hydroxyl groups is 1. The van der Waals surface area contributed by atoms with Crippen molar-refractivity contribution in [2.75, 3.05) is 40.9 Å². The van der Waals surface area contributed by atoms with E-state index in [9.17, 15) is 19.4 Å². The number of quaternary nitrogens is 1. The Kier molecular flexibility index (Phi) is 45.8. The van der Waals surface area contributed by atoms with Crippen LogP contribution < -0.4 is 10.2 Å². The van der Waals surface area contributed by atoms with Crippen molar-refractivity contribution in [1.82, 2.24) is 5.32 Å². The van der Waals surface area contributed by atoms with Crippen molar-refractivity contribution >= 4 is 13.7 Å². The first-order valence-corrected chi connectivity index (χ1v) is 29.0. The van der Waals surface area contributed by atoms with E-state index in [-0.39, 0.29) is 19.1 Å². The lowest BCUT2D eigenvalue weighted by Gasteiger charge is -2.29. The quantitative estimate of drug-likeness (QED) is 0.0272. The minimum atomic E-state index is -4.58. The second-order valence-electron chi connectivity index (χ2n) is 20.3. The summed E-state index contributed by atoms with van der Waals surface area (Å²) in [5.74, 6) is -0.194. The molecule has 1 unspecified atom stereocenters. The predicted octanol–water partition coefficient (Wildman–Crippen LogP) is 15.6. The minimum absolute atomic E-state index is 0.00190. The first-order chi connectivity index (χ1) is 30.5. The molecule has 0 heterocycles. The van der Waals surface area contributed by atoms with Gasteiger partial charge in [-0.2, -0.15) is 0 Å². The van der Waals surface area contributed by atoms with E-state index in [1.807, 2.05) is 27.2 Å². The van der Waals surface area contributed by atoms with Crippen LogP contribution in [-0.2, 0) is 18.4 Å². The average Bonchev–Trinajstić information content (AvgIpc) is 3.24. The predicted molar refractivity (Wildman–Crippen MR) is 270 cm³/mol. The summed E-state index contributed by atoms with van der Waals surface area (Å²) in [6.07, 6.45) is 56.0. The van der Waals surface area contributed by atoms with Crippen LogP contribution >= 0.6 is 7.82 Å². The number of hydrogen-bond donors (Lipinski definition) is 2. The molecule has 8 nitrogen and oxygen atoms in total. The van der Waals surface area contributed by atoms with Crippen LogP contribution in [0.2, 0.25) is 0 Å². The van der Waals surface area contributed by atoms with E-state index in [2.05, 4.69) is 19.2 Å². The summed E-state index contributed by atoms with van der Waals surface area (Å²) in [5, 5.41) is 13.8. The SMILES string of the molecule is CCCCCCCCC/C=C/[C@@H](O)[C@H](COP(=O)([O-])OCC[N+](C)(C)C)NC(=O)CCCCCCCCCCCCCCCCCCCCCCCCCCCCCCCCCC. The van der Waals surface area contributed by atoms with Gasteiger partial charge in [0.25, 0.3) is 7.82 Å². The van der Waals surface area contributed by atoms with E-state index < -0.39 is 20.0 Å². The van der Waals surface area contributed by atoms with Crippen molar-refractivity contribution in [1.29, 1.82) is 0 Å². The molecule has 0 saturated heterocycles. The van der Waals surface area contributed by atoms with E-state index in [1.54, 1.807) is 6.08 Å². The fraction of sp³-hybridized carbons (Fsp3) is 0.944. The highest BCUT2D eigenvalue weighted by Crippen LogP contribution is 2.38. The molecule has 0 rings (SSSR count). The number of aliphatic hydroxyl groups excluding tert-OH is 1. The van der Waals surface area contributed by atoms with Gasteiger partial charge in [0.05, 0.1) is 39.9 Å². The van der Waals surface area contributed by atoms with E-state index in [0.717, 1.165) is 38.5 Å². The molecule has 0 fully saturated rings. The van der Waals surface area contributed by atoms with Crippen molar-refractivity contribution in [3.63, 3.8) is 0 Å². The summed E-state index contributed by atoms with van der Waals surface area (Å²) in [5.41, 5.74) is 0. The molecular weight excluding hydrogens is 804 g/mol. The van der Waals surface area contributed by atoms with Crippen molar-refractivity contribution < 1.29 is 32.9 Å². The van der Waals surface area contributed by atoms with Gasteiger partial charge in [0, 0.05) is 6.42 Å². The second kappa shape index (κ2) is 46.4. The maximum Gasteiger partial charge on any atom is 0.268 e. The number of rotatable bonds is 51. The molecule has 0 aromatic heterocycles. The Morgan fingerprint density at radius 3 is 1.19 bits per heavy atom. The summed E-state index contributed by atoms with van der Waals surface area (Å²) in [7, 11) is 1.27. The number of phosphoric ester groups is 1. The molecule has 0 aliphatic carbocycles. The summed E-state index contributed by atoms with van der Waals surface area (Å²) in [4.78, 5) is 25.3. The van der Waals surface area contributed by atoms with Gasteiger partial charge in [-0.05, 0) is 19.3 Å². The highest BCUT2D eigenvalue weighted by molar-refractivity contribution is 7.45. The zero-order valence-electron chi connectivity index (χ0n) is 42.8. The monoisotopic (exact) mass is 913 g/mol. The third-order valence-corrected chi connectivity index (χ3v) is 13.7. The standard InChI is InChI=1S/C54H109N2O6P/c1-6-8-10-12-14-16-17-18-19-20-21-22-23-24-25-26-27-28-29-30-31-32-33-34-35-36-37-38-40-42-44-46-48-54(58)55-52(51-62-63(59,60)61-50-49-56(3,4)5)53(57)47-45-43-41-39-15-13-11-9-7-2/h45,47,52-53,57H,6-44,46,48-51H2,1-5H3,(H-,55,58,59,60)/b47-45+/t52-,53+/m0/s1. The molecule has 0 saturated carbocycles. The van der Waals surface area contributed by atoms with Gasteiger partial charge >= 0.3 is 0 Å². The van der Waals surface area contributed by atoms with Gasteiger partial charge in [-0.1, -0.05) is 264 Å². The Labute approximate surface area is 392 Å². The molecule has 376 valence electrons. The van der Waals surface area contributed by atoms with Gasteiger partial charge in [-0.3, -0.25) is 9.36 Å². The van der Waals surface area contributed by atoms with Crippen LogP contribution in [0, 0.1) is 0 Å². The Morgan fingerprint density at radius 2 is 0.857 bits per heavy atom. The van der Waals surface area contributed by atoms with E-state index in [0.29, 0.717) is 17.4 Å². The number of unbranched alkanes of at least 4 members (excludes halogenated alkanes) is 38. The van der Waals surface area contributed by atoms with E-state index in [4.69, 9.17) is 9.05 Å². The van der Waals surface area contributed by atoms with Crippen LogP contribution in [0.25, 0.3) is 0 Å². The average molecular weight is 913 g/mol. The summed E-state index contributed by atoms with van der Waals surface area (Å²) in [6, 6.07) is -0.879. The number of nitrogens with zero attached hydrogens (tertiary/aromatic N) is 1. The minimum Gasteiger partial charge on any atom is -0.756 e. The van der Waals surface area contributed by atoms with Gasteiger partial charge in [-0.25, -0.2) is 0 Å². The lowest BCUT2D eigenvalue weighted by atomic mass is 10.0. The largest absolute Gasteiger partial charge is 0.756 e. The number of likely N-dealkylation sites (N-methyl/N-ethyl adjacent to an activating group) is 1. The number of carbonyl (C=O) groups excluding carboxylic acids is 1. The molecular formula is C54H109N2O6P. The van der Waals surface area contributed by atoms with Crippen LogP contribution in [0.4, 0.5) is 0 Å². The Bertz CT molecular complexity index is 1040. The van der Waals surface area contributed by atoms with Gasteiger partial charge in [0.2, 0.25) is 5.91 Å². The Balaban J connectivity index is 3.88. The molecule has 63 heavy (non-hydrogen) atoms. The van der Waals surface area contributed by atoms with Crippen molar-refractivity contribution in [2.45, 2.75) is 289 Å². The number of carbonyl (C=O) groups is 1. The fourth-order valence-corrected chi connectivity index (χ4v) is 9.11. The molecule has 9 heteroatoms. The Hall–Kier alpha value is -0.760. The number of phosphoric acid groups is 1. The number of amides is 1. The van der Waals surface area contributed by atoms with Crippen LogP contribution in [-0.4, -0.2) is 68.5 Å². The van der Waals surface area contributed by atoms with Gasteiger partial charge < -0.3 is 28.8 Å². The van der Waals surface area contributed by atoms with E-state index >= 15 is 0 Å². The third-order valence-electron chi connectivity index (χ3n) is 12.7.